The van der Waals surface area contributed by atoms with Gasteiger partial charge in [0.05, 0.1) is 31.6 Å². The van der Waals surface area contributed by atoms with Crippen molar-refractivity contribution in [2.45, 2.75) is 88.0 Å². The zero-order valence-electron chi connectivity index (χ0n) is 25.1. The molecule has 41 heavy (non-hydrogen) atoms. The predicted octanol–water partition coefficient (Wildman–Crippen LogP) is 2.87. The van der Waals surface area contributed by atoms with Crippen LogP contribution in [-0.4, -0.2) is 90.6 Å². The van der Waals surface area contributed by atoms with Crippen LogP contribution in [0.4, 0.5) is 4.79 Å². The minimum Gasteiger partial charge on any atom is -0.481 e. The van der Waals surface area contributed by atoms with Crippen molar-refractivity contribution in [3.05, 3.63) is 35.4 Å². The van der Waals surface area contributed by atoms with E-state index in [0.29, 0.717) is 30.3 Å². The number of rotatable bonds is 9. The smallest absolute Gasteiger partial charge is 0.415 e. The Morgan fingerprint density at radius 2 is 2.07 bits per heavy atom. The van der Waals surface area contributed by atoms with Crippen LogP contribution in [0.15, 0.2) is 24.3 Å². The first kappa shape index (κ1) is 28.5. The number of piperidine rings is 1. The van der Waals surface area contributed by atoms with E-state index in [1.165, 1.54) is 23.3 Å². The Morgan fingerprint density at radius 1 is 1.32 bits per heavy atom. The largest absolute Gasteiger partial charge is 0.481 e. The van der Waals surface area contributed by atoms with E-state index in [9.17, 15) is 14.7 Å². The standard InChI is InChI=1S/C32H46N4O5/c1-19(2)16-23(33)29(37)34-13-14-35(4)30(38)40-24-9-8-22-17-25-32(39)11-10-20(3)28-31(32,26(22)27(24)41-28)12-15-36(25,5)18-21-6-7-21/h8-9,19,21,23,25,28,39H,3,6-7,10-18,33H2,1-2,4-5H3/p+1/t23-,25-,28-,31-,32+,36?/m0/s1. The summed E-state index contributed by atoms with van der Waals surface area (Å²) in [7, 11) is 3.99. The summed E-state index contributed by atoms with van der Waals surface area (Å²) in [6.45, 7) is 11.1. The van der Waals surface area contributed by atoms with Crippen molar-refractivity contribution in [1.82, 2.24) is 10.2 Å². The predicted molar refractivity (Wildman–Crippen MR) is 156 cm³/mol. The van der Waals surface area contributed by atoms with E-state index in [4.69, 9.17) is 15.2 Å². The molecule has 2 saturated carbocycles. The van der Waals surface area contributed by atoms with Gasteiger partial charge in [-0.05, 0) is 55.2 Å². The molecule has 1 aromatic rings. The number of hydrogen-bond acceptors (Lipinski definition) is 6. The molecular weight excluding hydrogens is 520 g/mol. The molecule has 3 aliphatic carbocycles. The highest BCUT2D eigenvalue weighted by Gasteiger charge is 2.75. The average molecular weight is 568 g/mol. The van der Waals surface area contributed by atoms with Gasteiger partial charge in [0.15, 0.2) is 11.5 Å². The molecule has 9 nitrogen and oxygen atoms in total. The topological polar surface area (TPSA) is 114 Å². The second kappa shape index (κ2) is 9.99. The molecule has 6 rings (SSSR count). The van der Waals surface area contributed by atoms with Crippen LogP contribution in [0.3, 0.4) is 0 Å². The fourth-order valence-corrected chi connectivity index (χ4v) is 8.49. The van der Waals surface area contributed by atoms with Gasteiger partial charge in [0.1, 0.15) is 17.7 Å². The molecule has 1 unspecified atom stereocenters. The summed E-state index contributed by atoms with van der Waals surface area (Å²) >= 11 is 0. The highest BCUT2D eigenvalue weighted by Crippen LogP contribution is 2.67. The Labute approximate surface area is 243 Å². The van der Waals surface area contributed by atoms with Crippen molar-refractivity contribution in [3.63, 3.8) is 0 Å². The van der Waals surface area contributed by atoms with Crippen molar-refractivity contribution in [2.75, 3.05) is 40.3 Å². The van der Waals surface area contributed by atoms with Gasteiger partial charge in [-0.15, -0.1) is 0 Å². The molecule has 224 valence electrons. The molecule has 1 aromatic carbocycles. The highest BCUT2D eigenvalue weighted by molar-refractivity contribution is 5.81. The number of benzene rings is 1. The van der Waals surface area contributed by atoms with Crippen molar-refractivity contribution >= 4 is 12.0 Å². The number of likely N-dealkylation sites (tertiary alicyclic amines) is 1. The molecule has 0 aromatic heterocycles. The van der Waals surface area contributed by atoms with Gasteiger partial charge in [-0.2, -0.15) is 0 Å². The minimum absolute atomic E-state index is 0.109. The quantitative estimate of drug-likeness (QED) is 0.312. The van der Waals surface area contributed by atoms with Crippen molar-refractivity contribution in [3.8, 4) is 11.5 Å². The zero-order valence-corrected chi connectivity index (χ0v) is 25.1. The molecule has 2 bridgehead atoms. The van der Waals surface area contributed by atoms with Crippen LogP contribution in [0.1, 0.15) is 63.5 Å². The second-order valence-electron chi connectivity index (χ2n) is 14.1. The molecule has 1 saturated heterocycles. The van der Waals surface area contributed by atoms with Gasteiger partial charge < -0.3 is 35.0 Å². The van der Waals surface area contributed by atoms with Gasteiger partial charge in [-0.25, -0.2) is 4.79 Å². The third kappa shape index (κ3) is 4.46. The number of carbonyl (C=O) groups is 2. The Hall–Kier alpha value is -2.62. The van der Waals surface area contributed by atoms with Gasteiger partial charge in [-0.1, -0.05) is 26.5 Å². The van der Waals surface area contributed by atoms with Gasteiger partial charge in [0, 0.05) is 44.5 Å². The number of nitrogens with two attached hydrogens (primary N) is 1. The molecule has 3 fully saturated rings. The lowest BCUT2D eigenvalue weighted by atomic mass is 9.48. The lowest BCUT2D eigenvalue weighted by molar-refractivity contribution is -0.950. The molecule has 6 atom stereocenters. The normalized spacial score (nSPS) is 33.6. The van der Waals surface area contributed by atoms with Crippen molar-refractivity contribution in [2.24, 2.45) is 17.6 Å². The molecule has 2 aliphatic heterocycles. The summed E-state index contributed by atoms with van der Waals surface area (Å²) in [5.41, 5.74) is 7.73. The number of nitrogens with zero attached hydrogens (tertiary/aromatic N) is 2. The average Bonchev–Trinajstić information content (AvgIpc) is 3.64. The minimum atomic E-state index is -0.896. The van der Waals surface area contributed by atoms with E-state index in [0.717, 1.165) is 53.9 Å². The van der Waals surface area contributed by atoms with E-state index < -0.39 is 23.2 Å². The number of hydrogen-bond donors (Lipinski definition) is 3. The van der Waals surface area contributed by atoms with Crippen molar-refractivity contribution < 1.29 is 28.7 Å². The van der Waals surface area contributed by atoms with Crippen LogP contribution in [0.5, 0.6) is 11.5 Å². The maximum Gasteiger partial charge on any atom is 0.415 e. The molecule has 5 aliphatic rings. The number of aliphatic hydroxyl groups is 1. The fraction of sp³-hybridized carbons (Fsp3) is 0.688. The summed E-state index contributed by atoms with van der Waals surface area (Å²) in [4.78, 5) is 26.8. The van der Waals surface area contributed by atoms with E-state index >= 15 is 0 Å². The molecule has 2 amide bonds. The maximum atomic E-state index is 13.1. The first-order valence-corrected chi connectivity index (χ1v) is 15.4. The van der Waals surface area contributed by atoms with Gasteiger partial charge in [0.2, 0.25) is 5.91 Å². The zero-order chi connectivity index (χ0) is 29.3. The molecular formula is C32H47N4O5+. The van der Waals surface area contributed by atoms with Gasteiger partial charge in [0.25, 0.3) is 0 Å². The number of nitrogens with one attached hydrogen (secondary N) is 1. The lowest BCUT2D eigenvalue weighted by Crippen LogP contribution is -2.80. The van der Waals surface area contributed by atoms with Crippen LogP contribution in [0, 0.1) is 11.8 Å². The number of likely N-dealkylation sites (N-methyl/N-ethyl adjacent to an activating group) is 2. The summed E-state index contributed by atoms with van der Waals surface area (Å²) in [6.07, 6.45) is 5.39. The van der Waals surface area contributed by atoms with E-state index in [1.54, 1.807) is 7.05 Å². The summed E-state index contributed by atoms with van der Waals surface area (Å²) in [5.74, 6) is 1.84. The molecule has 9 heteroatoms. The van der Waals surface area contributed by atoms with E-state index in [-0.39, 0.29) is 31.1 Å². The van der Waals surface area contributed by atoms with Crippen LogP contribution >= 0.6 is 0 Å². The first-order chi connectivity index (χ1) is 19.4. The SMILES string of the molecule is C=C1CC[C@@]2(O)[C@@H]3Cc4ccc(OC(=O)N(C)CCNC(=O)[C@@H](N)CC(C)C)c5c4[C@@]2(CC[N+]3(C)CC2CC2)[C@H]1O5. The van der Waals surface area contributed by atoms with Crippen molar-refractivity contribution in [1.29, 1.82) is 0 Å². The third-order valence-corrected chi connectivity index (χ3v) is 10.7. The van der Waals surface area contributed by atoms with Gasteiger partial charge >= 0.3 is 6.09 Å². The van der Waals surface area contributed by atoms with Crippen LogP contribution in [-0.2, 0) is 16.6 Å². The first-order valence-electron chi connectivity index (χ1n) is 15.4. The Balaban J connectivity index is 1.22. The summed E-state index contributed by atoms with van der Waals surface area (Å²) < 4.78 is 13.5. The molecule has 0 radical (unpaired) electrons. The number of carbonyl (C=O) groups excluding carboxylic acids is 2. The summed E-state index contributed by atoms with van der Waals surface area (Å²) in [6, 6.07) is 3.46. The lowest BCUT2D eigenvalue weighted by Gasteiger charge is -2.65. The Kier molecular flexibility index (Phi) is 6.94. The highest BCUT2D eigenvalue weighted by atomic mass is 16.6. The number of amides is 2. The van der Waals surface area contributed by atoms with Gasteiger partial charge in [-0.3, -0.25) is 4.79 Å². The number of ether oxygens (including phenoxy) is 2. The fourth-order valence-electron chi connectivity index (χ4n) is 8.49. The number of quaternary nitrogens is 1. The van der Waals surface area contributed by atoms with E-state index in [1.807, 2.05) is 19.9 Å². The summed E-state index contributed by atoms with van der Waals surface area (Å²) in [5, 5.41) is 15.5. The molecule has 2 heterocycles. The van der Waals surface area contributed by atoms with Crippen LogP contribution < -0.4 is 20.5 Å². The third-order valence-electron chi connectivity index (χ3n) is 10.7. The second-order valence-corrected chi connectivity index (χ2v) is 14.1. The monoisotopic (exact) mass is 567 g/mol. The van der Waals surface area contributed by atoms with Crippen LogP contribution in [0.25, 0.3) is 0 Å². The van der Waals surface area contributed by atoms with E-state index in [2.05, 4.69) is 25.0 Å². The maximum absolute atomic E-state index is 13.1. The molecule has 1 spiro atoms. The molecule has 4 N–H and O–H groups in total. The Morgan fingerprint density at radius 3 is 2.78 bits per heavy atom. The Bertz CT molecular complexity index is 1260. The van der Waals surface area contributed by atoms with Crippen LogP contribution in [0.2, 0.25) is 0 Å².